The maximum absolute atomic E-state index is 11.9. The Bertz CT molecular complexity index is 587. The smallest absolute Gasteiger partial charge is 0.180 e. The molecule has 0 saturated heterocycles. The normalized spacial score (nSPS) is 11.8. The predicted molar refractivity (Wildman–Crippen MR) is 84.5 cm³/mol. The average molecular weight is 318 g/mol. The van der Waals surface area contributed by atoms with E-state index in [0.29, 0.717) is 16.3 Å². The first-order chi connectivity index (χ1) is 9.26. The van der Waals surface area contributed by atoms with E-state index in [9.17, 15) is 13.2 Å². The van der Waals surface area contributed by atoms with E-state index in [0.717, 1.165) is 30.4 Å². The summed E-state index contributed by atoms with van der Waals surface area (Å²) in [6.07, 6.45) is 3.16. The van der Waals surface area contributed by atoms with Crippen molar-refractivity contribution in [1.29, 1.82) is 0 Å². The summed E-state index contributed by atoms with van der Waals surface area (Å²) in [6.45, 7) is 5.78. The number of rotatable bonds is 7. The average Bonchev–Trinajstić information content (AvgIpc) is 2.71. The third kappa shape index (κ3) is 3.52. The van der Waals surface area contributed by atoms with E-state index in [1.54, 1.807) is 6.92 Å². The van der Waals surface area contributed by atoms with Crippen molar-refractivity contribution in [2.24, 2.45) is 0 Å². The zero-order chi connectivity index (χ0) is 15.5. The van der Waals surface area contributed by atoms with Crippen LogP contribution >= 0.6 is 11.3 Å². The molecule has 0 amide bonds. The molecule has 0 aliphatic carbocycles. The second kappa shape index (κ2) is 6.58. The molecular formula is C13H22N2O3S2. The minimum Gasteiger partial charge on any atom is -0.396 e. The molecule has 1 aromatic heterocycles. The summed E-state index contributed by atoms with van der Waals surface area (Å²) >= 11 is 1.14. The predicted octanol–water partition coefficient (Wildman–Crippen LogP) is 2.93. The number of ketones is 1. The number of sulfone groups is 1. The van der Waals surface area contributed by atoms with Crippen LogP contribution in [0.25, 0.3) is 0 Å². The number of hydrogen-bond donors (Lipinski definition) is 2. The lowest BCUT2D eigenvalue weighted by atomic mass is 10.2. The van der Waals surface area contributed by atoms with Crippen molar-refractivity contribution in [3.05, 3.63) is 4.88 Å². The third-order valence-electron chi connectivity index (χ3n) is 3.17. The molecule has 0 fully saturated rings. The van der Waals surface area contributed by atoms with Gasteiger partial charge in [0.1, 0.15) is 9.90 Å². The van der Waals surface area contributed by atoms with Gasteiger partial charge in [-0.1, -0.05) is 20.8 Å². The molecule has 114 valence electrons. The van der Waals surface area contributed by atoms with Gasteiger partial charge in [0.05, 0.1) is 10.6 Å². The van der Waals surface area contributed by atoms with E-state index in [1.807, 2.05) is 13.8 Å². The van der Waals surface area contributed by atoms with E-state index < -0.39 is 9.84 Å². The van der Waals surface area contributed by atoms with Crippen LogP contribution in [0.4, 0.5) is 10.7 Å². The van der Waals surface area contributed by atoms with Gasteiger partial charge < -0.3 is 11.1 Å². The van der Waals surface area contributed by atoms with Gasteiger partial charge in [-0.05, 0) is 12.8 Å². The maximum Gasteiger partial charge on any atom is 0.180 e. The number of nitrogen functional groups attached to an aromatic ring is 1. The van der Waals surface area contributed by atoms with Crippen LogP contribution in [-0.2, 0) is 9.84 Å². The number of carbonyl (C=O) groups excluding carboxylic acids is 1. The van der Waals surface area contributed by atoms with Crippen LogP contribution in [0.5, 0.6) is 0 Å². The molecule has 7 heteroatoms. The zero-order valence-electron chi connectivity index (χ0n) is 12.3. The molecule has 1 rings (SSSR count). The maximum atomic E-state index is 11.9. The van der Waals surface area contributed by atoms with Gasteiger partial charge in [-0.2, -0.15) is 0 Å². The molecule has 0 bridgehead atoms. The topological polar surface area (TPSA) is 89.3 Å². The first kappa shape index (κ1) is 17.0. The van der Waals surface area contributed by atoms with Crippen LogP contribution in [-0.4, -0.2) is 26.5 Å². The fourth-order valence-corrected chi connectivity index (χ4v) is 4.58. The zero-order valence-corrected chi connectivity index (χ0v) is 14.0. The van der Waals surface area contributed by atoms with Crippen LogP contribution in [0.1, 0.15) is 49.7 Å². The van der Waals surface area contributed by atoms with Crippen molar-refractivity contribution in [1.82, 2.24) is 0 Å². The van der Waals surface area contributed by atoms with Gasteiger partial charge in [0, 0.05) is 18.7 Å². The molecule has 3 N–H and O–H groups in total. The second-order valence-electron chi connectivity index (χ2n) is 4.71. The first-order valence-electron chi connectivity index (χ1n) is 6.68. The number of hydrogen-bond acceptors (Lipinski definition) is 6. The highest BCUT2D eigenvalue weighted by molar-refractivity contribution is 7.91. The lowest BCUT2D eigenvalue weighted by Crippen LogP contribution is -2.17. The minimum absolute atomic E-state index is 0.0613. The van der Waals surface area contributed by atoms with Crippen LogP contribution in [0, 0.1) is 0 Å². The number of thiophene rings is 1. The van der Waals surface area contributed by atoms with Gasteiger partial charge in [0.2, 0.25) is 0 Å². The molecule has 0 unspecified atom stereocenters. The van der Waals surface area contributed by atoms with Crippen molar-refractivity contribution in [3.63, 3.8) is 0 Å². The Morgan fingerprint density at radius 2 is 1.85 bits per heavy atom. The van der Waals surface area contributed by atoms with Crippen molar-refractivity contribution >= 4 is 37.6 Å². The molecule has 0 radical (unpaired) electrons. The minimum atomic E-state index is -3.48. The van der Waals surface area contributed by atoms with Gasteiger partial charge in [-0.15, -0.1) is 11.3 Å². The first-order valence-corrected chi connectivity index (χ1v) is 9.38. The lowest BCUT2D eigenvalue weighted by molar-refractivity contribution is 0.0992. The Morgan fingerprint density at radius 3 is 2.25 bits per heavy atom. The second-order valence-corrected chi connectivity index (χ2v) is 7.68. The Balaban J connectivity index is 3.39. The van der Waals surface area contributed by atoms with Gasteiger partial charge in [-0.25, -0.2) is 8.42 Å². The van der Waals surface area contributed by atoms with Crippen LogP contribution in [0.15, 0.2) is 4.90 Å². The molecule has 0 aromatic carbocycles. The molecule has 0 saturated carbocycles. The van der Waals surface area contributed by atoms with E-state index in [2.05, 4.69) is 5.32 Å². The van der Waals surface area contributed by atoms with Crippen LogP contribution < -0.4 is 11.1 Å². The molecular weight excluding hydrogens is 296 g/mol. The summed E-state index contributed by atoms with van der Waals surface area (Å²) in [4.78, 5) is 12.3. The molecule has 1 heterocycles. The summed E-state index contributed by atoms with van der Waals surface area (Å²) in [5.41, 5.74) is 5.98. The van der Waals surface area contributed by atoms with Gasteiger partial charge in [-0.3, -0.25) is 4.79 Å². The van der Waals surface area contributed by atoms with E-state index >= 15 is 0 Å². The highest BCUT2D eigenvalue weighted by Crippen LogP contribution is 2.40. The Kier molecular flexibility index (Phi) is 5.59. The quantitative estimate of drug-likeness (QED) is 0.754. The fraction of sp³-hybridized carbons (Fsp3) is 0.615. The van der Waals surface area contributed by atoms with Gasteiger partial charge in [0.15, 0.2) is 15.6 Å². The Hall–Kier alpha value is -1.08. The molecule has 5 nitrogen and oxygen atoms in total. The fourth-order valence-electron chi connectivity index (χ4n) is 1.94. The van der Waals surface area contributed by atoms with Crippen molar-refractivity contribution in [3.8, 4) is 0 Å². The highest BCUT2D eigenvalue weighted by atomic mass is 32.2. The number of Topliss-reactive ketones (excluding diaryl/α,β-unsaturated/α-hetero) is 1. The van der Waals surface area contributed by atoms with Crippen molar-refractivity contribution in [2.75, 3.05) is 17.3 Å². The monoisotopic (exact) mass is 318 g/mol. The van der Waals surface area contributed by atoms with E-state index in [4.69, 9.17) is 5.73 Å². The van der Waals surface area contributed by atoms with Crippen LogP contribution in [0.2, 0.25) is 0 Å². The standard InChI is InChI=1S/C13H22N2O3S2/c1-5-8(6-2)15-13-12(20(4,17)18)10(14)11(19-13)9(16)7-3/h8,15H,5-7,14H2,1-4H3. The molecule has 20 heavy (non-hydrogen) atoms. The van der Waals surface area contributed by atoms with E-state index in [1.165, 1.54) is 0 Å². The summed E-state index contributed by atoms with van der Waals surface area (Å²) in [5, 5.41) is 3.68. The van der Waals surface area contributed by atoms with Gasteiger partial charge in [0.25, 0.3) is 0 Å². The van der Waals surface area contributed by atoms with Crippen molar-refractivity contribution in [2.45, 2.75) is 51.0 Å². The summed E-state index contributed by atoms with van der Waals surface area (Å²) in [6, 6.07) is 0.165. The summed E-state index contributed by atoms with van der Waals surface area (Å²) in [7, 11) is -3.48. The van der Waals surface area contributed by atoms with E-state index in [-0.39, 0.29) is 22.4 Å². The summed E-state index contributed by atoms with van der Waals surface area (Å²) < 4.78 is 23.9. The van der Waals surface area contributed by atoms with Crippen LogP contribution in [0.3, 0.4) is 0 Å². The lowest BCUT2D eigenvalue weighted by Gasteiger charge is -2.15. The number of nitrogens with two attached hydrogens (primary N) is 1. The molecule has 0 atom stereocenters. The highest BCUT2D eigenvalue weighted by Gasteiger charge is 2.27. The Labute approximate surface area is 124 Å². The third-order valence-corrected chi connectivity index (χ3v) is 5.64. The van der Waals surface area contributed by atoms with Gasteiger partial charge >= 0.3 is 0 Å². The number of anilines is 2. The van der Waals surface area contributed by atoms with Crippen molar-refractivity contribution < 1.29 is 13.2 Å². The SMILES string of the molecule is CCC(=O)c1sc(NC(CC)CC)c(S(C)(=O)=O)c1N. The Morgan fingerprint density at radius 1 is 1.30 bits per heavy atom. The molecule has 0 spiro atoms. The molecule has 0 aliphatic rings. The number of carbonyl (C=O) groups is 1. The molecule has 1 aromatic rings. The molecule has 0 aliphatic heterocycles. The largest absolute Gasteiger partial charge is 0.396 e. The summed E-state index contributed by atoms with van der Waals surface area (Å²) in [5.74, 6) is -0.130. The number of nitrogens with one attached hydrogen (secondary N) is 1.